The van der Waals surface area contributed by atoms with Crippen molar-refractivity contribution in [3.63, 3.8) is 0 Å². The van der Waals surface area contributed by atoms with E-state index in [1.807, 2.05) is 48.5 Å². The molecule has 0 amide bonds. The Morgan fingerprint density at radius 1 is 1.04 bits per heavy atom. The Kier molecular flexibility index (Phi) is 5.20. The fourth-order valence-electron chi connectivity index (χ4n) is 2.05. The second-order valence-corrected chi connectivity index (χ2v) is 6.32. The Hall–Kier alpha value is -2.99. The lowest BCUT2D eigenvalue weighted by Gasteiger charge is -2.04. The molecule has 0 spiro atoms. The van der Waals surface area contributed by atoms with Crippen LogP contribution in [0.2, 0.25) is 5.02 Å². The number of aromatic nitrogens is 1. The minimum atomic E-state index is 0.0182. The van der Waals surface area contributed by atoms with Gasteiger partial charge in [-0.15, -0.1) is 0 Å². The summed E-state index contributed by atoms with van der Waals surface area (Å²) in [5, 5.41) is 18.9. The van der Waals surface area contributed by atoms with Gasteiger partial charge in [-0.25, -0.2) is 4.98 Å². The third-order valence-corrected chi connectivity index (χ3v) is 4.44. The number of thioether (sulfide) groups is 1. The van der Waals surface area contributed by atoms with E-state index in [2.05, 4.69) is 4.98 Å². The average Bonchev–Trinajstić information content (AvgIpc) is 3.04. The first kappa shape index (κ1) is 16.9. The second-order valence-electron chi connectivity index (χ2n) is 4.89. The summed E-state index contributed by atoms with van der Waals surface area (Å²) in [4.78, 5) is 5.23. The first-order valence-corrected chi connectivity index (χ1v) is 8.40. The standard InChI is InChI=1S/C19H10ClN3OS/c20-15-8-6-14(7-9-15)18(10-5-13(11-21)12-22)25-19-23-16-3-1-2-4-17(16)24-19/h1-10H/b18-10-. The molecule has 25 heavy (non-hydrogen) atoms. The van der Waals surface area contributed by atoms with Crippen LogP contribution in [0.15, 0.2) is 75.9 Å². The van der Waals surface area contributed by atoms with Gasteiger partial charge in [0.25, 0.3) is 5.22 Å². The molecule has 0 fully saturated rings. The molecule has 0 N–H and O–H groups in total. The van der Waals surface area contributed by atoms with Gasteiger partial charge in [0, 0.05) is 9.93 Å². The summed E-state index contributed by atoms with van der Waals surface area (Å²) in [6.07, 6.45) is 3.17. The zero-order valence-electron chi connectivity index (χ0n) is 12.8. The maximum atomic E-state index is 8.91. The van der Waals surface area contributed by atoms with Gasteiger partial charge in [-0.2, -0.15) is 10.5 Å². The third kappa shape index (κ3) is 4.10. The van der Waals surface area contributed by atoms with E-state index in [4.69, 9.17) is 26.5 Å². The Morgan fingerprint density at radius 2 is 1.76 bits per heavy atom. The van der Waals surface area contributed by atoms with Crippen molar-refractivity contribution in [1.29, 1.82) is 10.5 Å². The van der Waals surface area contributed by atoms with Gasteiger partial charge < -0.3 is 4.42 Å². The Morgan fingerprint density at radius 3 is 2.44 bits per heavy atom. The van der Waals surface area contributed by atoms with Crippen LogP contribution >= 0.6 is 23.4 Å². The van der Waals surface area contributed by atoms with Gasteiger partial charge in [0.15, 0.2) is 5.58 Å². The highest BCUT2D eigenvalue weighted by Crippen LogP contribution is 2.36. The quantitative estimate of drug-likeness (QED) is 0.343. The Bertz CT molecular complexity index is 1000. The van der Waals surface area contributed by atoms with Crippen molar-refractivity contribution in [2.75, 3.05) is 0 Å². The van der Waals surface area contributed by atoms with Crippen LogP contribution in [-0.2, 0) is 0 Å². The average molecular weight is 364 g/mol. The summed E-state index contributed by atoms with van der Waals surface area (Å²) in [6.45, 7) is 0. The van der Waals surface area contributed by atoms with E-state index in [1.165, 1.54) is 17.8 Å². The van der Waals surface area contributed by atoms with E-state index in [0.717, 1.165) is 16.0 Å². The van der Waals surface area contributed by atoms with Gasteiger partial charge in [0.05, 0.1) is 0 Å². The van der Waals surface area contributed by atoms with Crippen LogP contribution in [0, 0.1) is 22.7 Å². The molecule has 0 aliphatic rings. The molecule has 3 rings (SSSR count). The normalized spacial score (nSPS) is 10.9. The van der Waals surface area contributed by atoms with E-state index in [0.29, 0.717) is 15.8 Å². The molecule has 0 saturated heterocycles. The molecule has 0 radical (unpaired) electrons. The fourth-order valence-corrected chi connectivity index (χ4v) is 3.03. The van der Waals surface area contributed by atoms with E-state index in [9.17, 15) is 0 Å². The first-order valence-electron chi connectivity index (χ1n) is 7.21. The first-order chi connectivity index (χ1) is 12.2. The molecule has 4 nitrogen and oxygen atoms in total. The summed E-state index contributed by atoms with van der Waals surface area (Å²) in [5.41, 5.74) is 2.37. The van der Waals surface area contributed by atoms with Crippen molar-refractivity contribution in [3.8, 4) is 12.1 Å². The predicted molar refractivity (Wildman–Crippen MR) is 98.6 cm³/mol. The number of benzene rings is 2. The molecule has 2 aromatic carbocycles. The summed E-state index contributed by atoms with van der Waals surface area (Å²) in [6, 6.07) is 18.4. The number of fused-ring (bicyclic) bond motifs is 1. The van der Waals surface area contributed by atoms with Crippen LogP contribution < -0.4 is 0 Å². The molecule has 0 saturated carbocycles. The van der Waals surface area contributed by atoms with Crippen molar-refractivity contribution in [2.24, 2.45) is 0 Å². The molecule has 0 aliphatic heterocycles. The molecular weight excluding hydrogens is 354 g/mol. The molecule has 1 aromatic heterocycles. The van der Waals surface area contributed by atoms with Crippen molar-refractivity contribution >= 4 is 39.4 Å². The number of allylic oxidation sites excluding steroid dienone is 3. The lowest BCUT2D eigenvalue weighted by atomic mass is 10.2. The van der Waals surface area contributed by atoms with Gasteiger partial charge in [0.2, 0.25) is 0 Å². The number of para-hydroxylation sites is 2. The van der Waals surface area contributed by atoms with E-state index in [-0.39, 0.29) is 5.57 Å². The molecule has 1 heterocycles. The van der Waals surface area contributed by atoms with Gasteiger partial charge in [-0.05, 0) is 53.7 Å². The molecule has 0 unspecified atom stereocenters. The van der Waals surface area contributed by atoms with Gasteiger partial charge in [0.1, 0.15) is 23.2 Å². The number of halogens is 1. The third-order valence-electron chi connectivity index (χ3n) is 3.24. The minimum absolute atomic E-state index is 0.0182. The summed E-state index contributed by atoms with van der Waals surface area (Å²) >= 11 is 7.26. The van der Waals surface area contributed by atoms with E-state index < -0.39 is 0 Å². The zero-order valence-corrected chi connectivity index (χ0v) is 14.4. The van der Waals surface area contributed by atoms with Crippen LogP contribution in [0.25, 0.3) is 16.0 Å². The van der Waals surface area contributed by atoms with Crippen LogP contribution in [0.1, 0.15) is 5.56 Å². The SMILES string of the molecule is N#CC(C#N)=C/C=C(\Sc1nc2ccccc2o1)c1ccc(Cl)cc1. The van der Waals surface area contributed by atoms with E-state index in [1.54, 1.807) is 18.2 Å². The van der Waals surface area contributed by atoms with Crippen LogP contribution in [0.3, 0.4) is 0 Å². The van der Waals surface area contributed by atoms with Crippen molar-refractivity contribution in [2.45, 2.75) is 5.22 Å². The molecule has 0 atom stereocenters. The van der Waals surface area contributed by atoms with Crippen LogP contribution in [0.4, 0.5) is 0 Å². The lowest BCUT2D eigenvalue weighted by molar-refractivity contribution is 0.490. The lowest BCUT2D eigenvalue weighted by Crippen LogP contribution is -1.81. The topological polar surface area (TPSA) is 73.6 Å². The number of oxazole rings is 1. The fraction of sp³-hybridized carbons (Fsp3) is 0. The van der Waals surface area contributed by atoms with Crippen molar-refractivity contribution < 1.29 is 4.42 Å². The largest absolute Gasteiger partial charge is 0.431 e. The highest BCUT2D eigenvalue weighted by atomic mass is 35.5. The molecule has 0 aliphatic carbocycles. The highest BCUT2D eigenvalue weighted by molar-refractivity contribution is 8.08. The molecule has 3 aromatic rings. The van der Waals surface area contributed by atoms with Gasteiger partial charge in [-0.3, -0.25) is 0 Å². The molecular formula is C19H10ClN3OS. The molecule has 0 bridgehead atoms. The maximum absolute atomic E-state index is 8.91. The second kappa shape index (κ2) is 7.72. The number of nitriles is 2. The van der Waals surface area contributed by atoms with Crippen LogP contribution in [-0.4, -0.2) is 4.98 Å². The predicted octanol–water partition coefficient (Wildman–Crippen LogP) is 5.59. The van der Waals surface area contributed by atoms with Gasteiger partial charge >= 0.3 is 0 Å². The van der Waals surface area contributed by atoms with Crippen LogP contribution in [0.5, 0.6) is 0 Å². The number of rotatable bonds is 4. The van der Waals surface area contributed by atoms with Gasteiger partial charge in [-0.1, -0.05) is 35.9 Å². The molecule has 6 heteroatoms. The van der Waals surface area contributed by atoms with E-state index >= 15 is 0 Å². The summed E-state index contributed by atoms with van der Waals surface area (Å²) in [5.74, 6) is 0. The van der Waals surface area contributed by atoms with Crippen molar-refractivity contribution in [3.05, 3.63) is 76.8 Å². The highest BCUT2D eigenvalue weighted by Gasteiger charge is 2.10. The van der Waals surface area contributed by atoms with Crippen molar-refractivity contribution in [1.82, 2.24) is 4.98 Å². The number of hydrogen-bond acceptors (Lipinski definition) is 5. The summed E-state index contributed by atoms with van der Waals surface area (Å²) in [7, 11) is 0. The Labute approximate surface area is 153 Å². The number of nitrogens with zero attached hydrogens (tertiary/aromatic N) is 3. The summed E-state index contributed by atoms with van der Waals surface area (Å²) < 4.78 is 5.74. The zero-order chi connectivity index (χ0) is 17.6. The number of hydrogen-bond donors (Lipinski definition) is 0. The smallest absolute Gasteiger partial charge is 0.261 e. The minimum Gasteiger partial charge on any atom is -0.431 e. The Balaban J connectivity index is 2.00. The maximum Gasteiger partial charge on any atom is 0.261 e. The molecule has 120 valence electrons. The monoisotopic (exact) mass is 363 g/mol.